The maximum Gasteiger partial charge on any atom is 0.102 e. The number of fused-ring (bicyclic) bond motifs is 1. The van der Waals surface area contributed by atoms with Crippen molar-refractivity contribution in [2.45, 2.75) is 0 Å². The van der Waals surface area contributed by atoms with Crippen LogP contribution in [0.3, 0.4) is 0 Å². The molecule has 1 aromatic heterocycles. The van der Waals surface area contributed by atoms with Crippen LogP contribution in [0.4, 0.5) is 5.69 Å². The number of benzene rings is 2. The van der Waals surface area contributed by atoms with Gasteiger partial charge in [-0.15, -0.1) is 0 Å². The second-order valence-corrected chi connectivity index (χ2v) is 4.02. The normalized spacial score (nSPS) is 10.9. The molecule has 3 aromatic rings. The average Bonchev–Trinajstić information content (AvgIpc) is 2.48. The van der Waals surface area contributed by atoms with Crippen LogP contribution in [0.15, 0.2) is 65.9 Å². The van der Waals surface area contributed by atoms with Crippen molar-refractivity contribution in [2.75, 3.05) is 5.43 Å². The number of hydrazone groups is 1. The molecule has 0 saturated carbocycles. The molecule has 2 aromatic carbocycles. The average molecular weight is 248 g/mol. The molecule has 0 spiro atoms. The number of hydrogen-bond acceptors (Lipinski definition) is 4. The number of rotatable bonds is 3. The summed E-state index contributed by atoms with van der Waals surface area (Å²) in [4.78, 5) is 8.78. The third-order valence-corrected chi connectivity index (χ3v) is 2.63. The highest BCUT2D eigenvalue weighted by Gasteiger charge is 1.96. The molecule has 0 amide bonds. The van der Waals surface area contributed by atoms with Crippen molar-refractivity contribution in [3.8, 4) is 0 Å². The van der Waals surface area contributed by atoms with Gasteiger partial charge in [0.2, 0.25) is 0 Å². The minimum Gasteiger partial charge on any atom is -0.278 e. The molecule has 3 rings (SSSR count). The van der Waals surface area contributed by atoms with Crippen LogP contribution in [-0.2, 0) is 0 Å². The Morgan fingerprint density at radius 2 is 1.63 bits per heavy atom. The smallest absolute Gasteiger partial charge is 0.102 e. The lowest BCUT2D eigenvalue weighted by molar-refractivity contribution is 1.26. The number of hydrogen-bond donors (Lipinski definition) is 1. The fraction of sp³-hybridized carbons (Fsp3) is 0. The molecule has 1 heterocycles. The van der Waals surface area contributed by atoms with Crippen molar-refractivity contribution in [3.63, 3.8) is 0 Å². The van der Waals surface area contributed by atoms with E-state index in [1.54, 1.807) is 12.4 Å². The summed E-state index contributed by atoms with van der Waals surface area (Å²) < 4.78 is 0. The molecule has 0 fully saturated rings. The Morgan fingerprint density at radius 3 is 2.47 bits per heavy atom. The van der Waals surface area contributed by atoms with Crippen LogP contribution in [0.25, 0.3) is 11.0 Å². The van der Waals surface area contributed by atoms with Crippen molar-refractivity contribution in [1.82, 2.24) is 9.97 Å². The molecule has 4 heteroatoms. The van der Waals surface area contributed by atoms with Crippen molar-refractivity contribution in [3.05, 3.63) is 66.5 Å². The van der Waals surface area contributed by atoms with E-state index in [0.29, 0.717) is 0 Å². The van der Waals surface area contributed by atoms with Gasteiger partial charge >= 0.3 is 0 Å². The van der Waals surface area contributed by atoms with Gasteiger partial charge in [-0.1, -0.05) is 30.3 Å². The van der Waals surface area contributed by atoms with Gasteiger partial charge < -0.3 is 0 Å². The summed E-state index contributed by atoms with van der Waals surface area (Å²) >= 11 is 0. The van der Waals surface area contributed by atoms with Crippen molar-refractivity contribution in [2.24, 2.45) is 5.10 Å². The lowest BCUT2D eigenvalue weighted by Gasteiger charge is -1.99. The van der Waals surface area contributed by atoms with Gasteiger partial charge in [-0.05, 0) is 24.3 Å². The van der Waals surface area contributed by atoms with E-state index in [9.17, 15) is 0 Å². The van der Waals surface area contributed by atoms with Crippen LogP contribution in [0.2, 0.25) is 0 Å². The zero-order chi connectivity index (χ0) is 12.9. The fourth-order valence-corrected chi connectivity index (χ4v) is 1.72. The molecule has 4 nitrogen and oxygen atoms in total. The summed E-state index contributed by atoms with van der Waals surface area (Å²) in [6.45, 7) is 0. The van der Waals surface area contributed by atoms with Crippen molar-refractivity contribution >= 4 is 22.9 Å². The Morgan fingerprint density at radius 1 is 0.895 bits per heavy atom. The summed E-state index contributed by atoms with van der Waals surface area (Å²) in [5.41, 5.74) is 6.36. The summed E-state index contributed by atoms with van der Waals surface area (Å²) in [5.74, 6) is 0. The summed E-state index contributed by atoms with van der Waals surface area (Å²) in [5, 5.41) is 4.14. The van der Waals surface area contributed by atoms with E-state index in [0.717, 1.165) is 22.4 Å². The zero-order valence-electron chi connectivity index (χ0n) is 10.2. The van der Waals surface area contributed by atoms with E-state index < -0.39 is 0 Å². The summed E-state index contributed by atoms with van der Waals surface area (Å²) in [6.07, 6.45) is 3.37. The third-order valence-electron chi connectivity index (χ3n) is 2.63. The lowest BCUT2D eigenvalue weighted by Crippen LogP contribution is -1.94. The van der Waals surface area contributed by atoms with Gasteiger partial charge in [0.25, 0.3) is 0 Å². The van der Waals surface area contributed by atoms with Crippen LogP contribution >= 0.6 is 0 Å². The molecule has 0 aliphatic carbocycles. The Bertz CT molecular complexity index is 707. The predicted molar refractivity (Wildman–Crippen MR) is 77.2 cm³/mol. The minimum atomic E-state index is 0.724. The quantitative estimate of drug-likeness (QED) is 0.572. The van der Waals surface area contributed by atoms with Crippen LogP contribution in [-0.4, -0.2) is 16.2 Å². The van der Waals surface area contributed by atoms with E-state index in [2.05, 4.69) is 20.5 Å². The molecule has 0 radical (unpaired) electrons. The van der Waals surface area contributed by atoms with Crippen molar-refractivity contribution < 1.29 is 0 Å². The first-order valence-corrected chi connectivity index (χ1v) is 5.98. The maximum atomic E-state index is 4.45. The van der Waals surface area contributed by atoms with Crippen molar-refractivity contribution in [1.29, 1.82) is 0 Å². The van der Waals surface area contributed by atoms with Gasteiger partial charge in [-0.25, -0.2) is 4.98 Å². The van der Waals surface area contributed by atoms with Crippen LogP contribution in [0.1, 0.15) is 5.69 Å². The number of aromatic nitrogens is 2. The standard InChI is InChI=1S/C15H12N4/c1-2-6-12(7-3-1)19-17-11-13-10-16-14-8-4-5-9-15(14)18-13/h1-11,19H. The monoisotopic (exact) mass is 248 g/mol. The Balaban J connectivity index is 1.78. The third kappa shape index (κ3) is 2.74. The molecule has 0 atom stereocenters. The summed E-state index contributed by atoms with van der Waals surface area (Å²) in [6, 6.07) is 17.5. The fourth-order valence-electron chi connectivity index (χ4n) is 1.72. The second kappa shape index (κ2) is 5.27. The number of anilines is 1. The van der Waals surface area contributed by atoms with E-state index in [1.807, 2.05) is 54.6 Å². The van der Waals surface area contributed by atoms with E-state index in [-0.39, 0.29) is 0 Å². The van der Waals surface area contributed by atoms with Gasteiger partial charge in [0.05, 0.1) is 29.1 Å². The predicted octanol–water partition coefficient (Wildman–Crippen LogP) is 3.08. The molecule has 0 saturated heterocycles. The summed E-state index contributed by atoms with van der Waals surface area (Å²) in [7, 11) is 0. The van der Waals surface area contributed by atoms with E-state index in [1.165, 1.54) is 0 Å². The van der Waals surface area contributed by atoms with Gasteiger partial charge in [-0.3, -0.25) is 10.4 Å². The first-order chi connectivity index (χ1) is 9.42. The topological polar surface area (TPSA) is 50.2 Å². The highest BCUT2D eigenvalue weighted by molar-refractivity contribution is 5.82. The molecule has 0 unspecified atom stereocenters. The lowest BCUT2D eigenvalue weighted by atomic mass is 10.3. The minimum absolute atomic E-state index is 0.724. The molecular formula is C15H12N4. The SMILES string of the molecule is C(=NNc1ccccc1)c1cnc2ccccc2n1. The highest BCUT2D eigenvalue weighted by Crippen LogP contribution is 2.08. The molecule has 0 bridgehead atoms. The largest absolute Gasteiger partial charge is 0.278 e. The van der Waals surface area contributed by atoms with Crippen LogP contribution in [0, 0.1) is 0 Å². The molecule has 19 heavy (non-hydrogen) atoms. The molecule has 0 aliphatic heterocycles. The van der Waals surface area contributed by atoms with E-state index in [4.69, 9.17) is 0 Å². The number of para-hydroxylation sites is 3. The molecular weight excluding hydrogens is 236 g/mol. The zero-order valence-corrected chi connectivity index (χ0v) is 10.2. The Hall–Kier alpha value is -2.75. The second-order valence-electron chi connectivity index (χ2n) is 4.02. The Labute approximate surface area is 110 Å². The maximum absolute atomic E-state index is 4.45. The first-order valence-electron chi connectivity index (χ1n) is 5.98. The number of nitrogens with zero attached hydrogens (tertiary/aromatic N) is 3. The van der Waals surface area contributed by atoms with Crippen LogP contribution in [0.5, 0.6) is 0 Å². The molecule has 1 N–H and O–H groups in total. The highest BCUT2D eigenvalue weighted by atomic mass is 15.3. The first kappa shape index (κ1) is 11.3. The van der Waals surface area contributed by atoms with Gasteiger partial charge in [-0.2, -0.15) is 5.10 Å². The Kier molecular flexibility index (Phi) is 3.14. The molecule has 92 valence electrons. The van der Waals surface area contributed by atoms with Gasteiger partial charge in [0, 0.05) is 0 Å². The van der Waals surface area contributed by atoms with Crippen LogP contribution < -0.4 is 5.43 Å². The van der Waals surface area contributed by atoms with E-state index >= 15 is 0 Å². The van der Waals surface area contributed by atoms with Gasteiger partial charge in [0.1, 0.15) is 5.69 Å². The number of nitrogens with one attached hydrogen (secondary N) is 1. The van der Waals surface area contributed by atoms with Gasteiger partial charge in [0.15, 0.2) is 0 Å². The molecule has 0 aliphatic rings.